The van der Waals surface area contributed by atoms with Crippen LogP contribution in [0.15, 0.2) is 40.1 Å². The Morgan fingerprint density at radius 1 is 0.810 bits per heavy atom. The van der Waals surface area contributed by atoms with E-state index in [1.54, 1.807) is 0 Å². The molecule has 2 aromatic carbocycles. The summed E-state index contributed by atoms with van der Waals surface area (Å²) in [6.45, 7) is 0. The van der Waals surface area contributed by atoms with Crippen molar-refractivity contribution in [3.63, 3.8) is 0 Å². The number of benzene rings is 2. The SMILES string of the molecule is Nc1cc(S(=O)(=O)O)c2cccc(S(=O)(=O)O)c2c1.[Na+].[Na+]. The van der Waals surface area contributed by atoms with Crippen LogP contribution in [0.3, 0.4) is 0 Å². The summed E-state index contributed by atoms with van der Waals surface area (Å²) in [7, 11) is -9.11. The standard InChI is InChI=1S/C10H9NO6S2.2Na/c11-6-4-8-7(10(5-6)19(15,16)17)2-1-3-9(8)18(12,13)14;;/h1-5H,11H2,(H,12,13,14)(H,15,16,17);;/q;2*+1. The predicted octanol–water partition coefficient (Wildman–Crippen LogP) is -5.08. The van der Waals surface area contributed by atoms with E-state index >= 15 is 0 Å². The van der Waals surface area contributed by atoms with Crippen molar-refractivity contribution < 1.29 is 85.1 Å². The van der Waals surface area contributed by atoms with Crippen LogP contribution >= 0.6 is 0 Å². The van der Waals surface area contributed by atoms with Crippen LogP contribution in [-0.4, -0.2) is 25.9 Å². The molecular weight excluding hydrogens is 340 g/mol. The summed E-state index contributed by atoms with van der Waals surface area (Å²) in [5.74, 6) is 0. The largest absolute Gasteiger partial charge is 1.00 e. The number of rotatable bonds is 2. The van der Waals surface area contributed by atoms with Crippen LogP contribution in [0.2, 0.25) is 0 Å². The van der Waals surface area contributed by atoms with Crippen LogP contribution < -0.4 is 64.8 Å². The Bertz CT molecular complexity index is 880. The molecule has 0 atom stereocenters. The Hall–Kier alpha value is 0.320. The van der Waals surface area contributed by atoms with Gasteiger partial charge in [0.05, 0.1) is 0 Å². The van der Waals surface area contributed by atoms with E-state index in [0.29, 0.717) is 0 Å². The molecular formula is C10H9NNa2O6S2+2. The first kappa shape index (κ1) is 21.3. The second-order valence-electron chi connectivity index (χ2n) is 3.82. The maximum absolute atomic E-state index is 11.2. The van der Waals surface area contributed by atoms with Gasteiger partial charge in [0.1, 0.15) is 9.79 Å². The van der Waals surface area contributed by atoms with E-state index in [9.17, 15) is 16.8 Å². The minimum atomic E-state index is -4.57. The first-order valence-corrected chi connectivity index (χ1v) is 7.76. The van der Waals surface area contributed by atoms with Crippen molar-refractivity contribution >= 4 is 36.7 Å². The van der Waals surface area contributed by atoms with E-state index in [1.165, 1.54) is 18.2 Å². The van der Waals surface area contributed by atoms with Crippen LogP contribution in [0.5, 0.6) is 0 Å². The molecule has 21 heavy (non-hydrogen) atoms. The molecule has 2 aromatic rings. The van der Waals surface area contributed by atoms with Gasteiger partial charge in [-0.3, -0.25) is 9.11 Å². The van der Waals surface area contributed by atoms with Crippen molar-refractivity contribution in [3.05, 3.63) is 30.3 Å². The normalized spacial score (nSPS) is 11.5. The fraction of sp³-hybridized carbons (Fsp3) is 0. The van der Waals surface area contributed by atoms with Crippen molar-refractivity contribution in [3.8, 4) is 0 Å². The average Bonchev–Trinajstić information content (AvgIpc) is 2.24. The number of nitrogen functional groups attached to an aromatic ring is 1. The van der Waals surface area contributed by atoms with E-state index in [2.05, 4.69) is 0 Å². The summed E-state index contributed by atoms with van der Waals surface area (Å²) in [6.07, 6.45) is 0. The third-order valence-corrected chi connectivity index (χ3v) is 4.30. The van der Waals surface area contributed by atoms with Gasteiger partial charge in [0.2, 0.25) is 0 Å². The van der Waals surface area contributed by atoms with E-state index in [4.69, 9.17) is 14.8 Å². The number of hydrogen-bond acceptors (Lipinski definition) is 5. The molecule has 4 N–H and O–H groups in total. The number of hydrogen-bond donors (Lipinski definition) is 3. The summed E-state index contributed by atoms with van der Waals surface area (Å²) < 4.78 is 63.1. The van der Waals surface area contributed by atoms with Gasteiger partial charge in [-0.2, -0.15) is 16.8 Å². The third kappa shape index (κ3) is 4.64. The molecule has 0 heterocycles. The molecule has 0 aliphatic carbocycles. The first-order valence-electron chi connectivity index (χ1n) is 4.88. The summed E-state index contributed by atoms with van der Waals surface area (Å²) in [4.78, 5) is -1.00. The van der Waals surface area contributed by atoms with Gasteiger partial charge >= 0.3 is 59.1 Å². The summed E-state index contributed by atoms with van der Waals surface area (Å²) in [5.41, 5.74) is 5.42. The van der Waals surface area contributed by atoms with Crippen molar-refractivity contribution in [1.82, 2.24) is 0 Å². The van der Waals surface area contributed by atoms with Crippen LogP contribution in [0.4, 0.5) is 5.69 Å². The maximum Gasteiger partial charge on any atom is 1.00 e. The minimum Gasteiger partial charge on any atom is -0.399 e. The van der Waals surface area contributed by atoms with Gasteiger partial charge in [-0.05, 0) is 18.2 Å². The van der Waals surface area contributed by atoms with E-state index in [-0.39, 0.29) is 75.6 Å². The quantitative estimate of drug-likeness (QED) is 0.280. The van der Waals surface area contributed by atoms with E-state index in [1.807, 2.05) is 0 Å². The van der Waals surface area contributed by atoms with Gasteiger partial charge in [0.25, 0.3) is 20.2 Å². The Balaban J connectivity index is 0.00000200. The predicted molar refractivity (Wildman–Crippen MR) is 68.0 cm³/mol. The monoisotopic (exact) mass is 349 g/mol. The number of anilines is 1. The molecule has 102 valence electrons. The molecule has 0 aliphatic rings. The zero-order valence-electron chi connectivity index (χ0n) is 11.3. The van der Waals surface area contributed by atoms with Crippen LogP contribution in [0.1, 0.15) is 0 Å². The van der Waals surface area contributed by atoms with Gasteiger partial charge in [-0.15, -0.1) is 0 Å². The fourth-order valence-electron chi connectivity index (χ4n) is 1.78. The molecule has 0 aromatic heterocycles. The Morgan fingerprint density at radius 3 is 1.81 bits per heavy atom. The van der Waals surface area contributed by atoms with Crippen molar-refractivity contribution in [2.75, 3.05) is 5.73 Å². The number of nitrogens with two attached hydrogens (primary N) is 1. The van der Waals surface area contributed by atoms with E-state index < -0.39 is 30.0 Å². The van der Waals surface area contributed by atoms with Crippen LogP contribution in [-0.2, 0) is 20.2 Å². The van der Waals surface area contributed by atoms with Crippen LogP contribution in [0.25, 0.3) is 10.8 Å². The molecule has 0 spiro atoms. The molecule has 0 saturated carbocycles. The first-order chi connectivity index (χ1) is 8.60. The topological polar surface area (TPSA) is 135 Å². The molecule has 2 rings (SSSR count). The molecule has 11 heteroatoms. The summed E-state index contributed by atoms with van der Waals surface area (Å²) in [6, 6.07) is 5.85. The maximum atomic E-state index is 11.2. The summed E-state index contributed by atoms with van der Waals surface area (Å²) in [5, 5.41) is -0.135. The van der Waals surface area contributed by atoms with Gasteiger partial charge < -0.3 is 5.73 Å². The minimum absolute atomic E-state index is 0. The van der Waals surface area contributed by atoms with Crippen LogP contribution in [0, 0.1) is 0 Å². The third-order valence-electron chi connectivity index (χ3n) is 2.50. The van der Waals surface area contributed by atoms with E-state index in [0.717, 1.165) is 12.1 Å². The van der Waals surface area contributed by atoms with Gasteiger partial charge in [-0.1, -0.05) is 12.1 Å². The zero-order valence-corrected chi connectivity index (χ0v) is 16.9. The Kier molecular flexibility index (Phi) is 7.37. The van der Waals surface area contributed by atoms with Crippen molar-refractivity contribution in [1.29, 1.82) is 0 Å². The van der Waals surface area contributed by atoms with Gasteiger partial charge in [0.15, 0.2) is 0 Å². The van der Waals surface area contributed by atoms with Crippen molar-refractivity contribution in [2.45, 2.75) is 9.79 Å². The molecule has 0 radical (unpaired) electrons. The smallest absolute Gasteiger partial charge is 0.399 e. The zero-order chi connectivity index (χ0) is 14.4. The molecule has 0 unspecified atom stereocenters. The molecule has 0 aliphatic heterocycles. The second-order valence-corrected chi connectivity index (χ2v) is 6.60. The molecule has 0 saturated heterocycles. The van der Waals surface area contributed by atoms with Gasteiger partial charge in [-0.25, -0.2) is 0 Å². The Labute approximate surface area is 166 Å². The second kappa shape index (κ2) is 7.26. The Morgan fingerprint density at radius 2 is 1.33 bits per heavy atom. The summed E-state index contributed by atoms with van der Waals surface area (Å²) >= 11 is 0. The number of fused-ring (bicyclic) bond motifs is 1. The average molecular weight is 349 g/mol. The fourth-order valence-corrected chi connectivity index (χ4v) is 3.22. The van der Waals surface area contributed by atoms with Crippen molar-refractivity contribution in [2.24, 2.45) is 0 Å². The molecule has 0 fully saturated rings. The molecule has 7 nitrogen and oxygen atoms in total. The molecule has 0 bridgehead atoms. The van der Waals surface area contributed by atoms with Gasteiger partial charge in [0, 0.05) is 16.5 Å². The molecule has 0 amide bonds.